The van der Waals surface area contributed by atoms with Crippen LogP contribution in [-0.4, -0.2) is 67.9 Å². The van der Waals surface area contributed by atoms with E-state index in [9.17, 15) is 9.59 Å². The van der Waals surface area contributed by atoms with Gasteiger partial charge in [0.2, 0.25) is 11.8 Å². The molecule has 0 spiro atoms. The second-order valence-electron chi connectivity index (χ2n) is 4.58. The van der Waals surface area contributed by atoms with Gasteiger partial charge < -0.3 is 20.9 Å². The molecule has 3 N–H and O–H groups in total. The zero-order valence-corrected chi connectivity index (χ0v) is 13.1. The van der Waals surface area contributed by atoms with Crippen LogP contribution in [-0.2, 0) is 9.59 Å². The van der Waals surface area contributed by atoms with Crippen molar-refractivity contribution in [3.05, 3.63) is 0 Å². The van der Waals surface area contributed by atoms with Gasteiger partial charge >= 0.3 is 0 Å². The van der Waals surface area contributed by atoms with Gasteiger partial charge in [0.1, 0.15) is 0 Å². The second-order valence-corrected chi connectivity index (χ2v) is 4.58. The van der Waals surface area contributed by atoms with Gasteiger partial charge in [-0.3, -0.25) is 9.59 Å². The van der Waals surface area contributed by atoms with E-state index >= 15 is 0 Å². The van der Waals surface area contributed by atoms with Crippen LogP contribution in [0.4, 0.5) is 0 Å². The second kappa shape index (κ2) is 10.3. The molecular weight excluding hydrogens is 291 g/mol. The molecule has 0 aliphatic carbocycles. The lowest BCUT2D eigenvalue weighted by Gasteiger charge is -2.36. The normalized spacial score (nSPS) is 18.3. The first-order valence-corrected chi connectivity index (χ1v) is 5.95. The first-order valence-electron chi connectivity index (χ1n) is 5.95. The molecule has 0 saturated carbocycles. The Labute approximate surface area is 126 Å². The van der Waals surface area contributed by atoms with Gasteiger partial charge in [0.25, 0.3) is 0 Å². The molecule has 0 radical (unpaired) electrons. The molecular formula is C11H24Cl2N4O2. The van der Waals surface area contributed by atoms with Gasteiger partial charge in [0.15, 0.2) is 0 Å². The van der Waals surface area contributed by atoms with Crippen LogP contribution < -0.4 is 11.1 Å². The fourth-order valence-electron chi connectivity index (χ4n) is 1.96. The van der Waals surface area contributed by atoms with E-state index < -0.39 is 0 Å². The zero-order chi connectivity index (χ0) is 12.8. The molecule has 0 aromatic heterocycles. The number of piperidine rings is 1. The highest BCUT2D eigenvalue weighted by atomic mass is 35.5. The molecule has 1 atom stereocenters. The molecule has 1 heterocycles. The monoisotopic (exact) mass is 314 g/mol. The van der Waals surface area contributed by atoms with E-state index in [1.807, 2.05) is 19.0 Å². The molecule has 1 saturated heterocycles. The lowest BCUT2D eigenvalue weighted by molar-refractivity contribution is -0.134. The van der Waals surface area contributed by atoms with E-state index in [-0.39, 0.29) is 49.7 Å². The summed E-state index contributed by atoms with van der Waals surface area (Å²) in [5.74, 6) is -0.321. The van der Waals surface area contributed by atoms with E-state index in [0.29, 0.717) is 6.04 Å². The summed E-state index contributed by atoms with van der Waals surface area (Å²) in [6, 6.07) is 0.415. The number of amides is 2. The Balaban J connectivity index is 0. The van der Waals surface area contributed by atoms with E-state index in [4.69, 9.17) is 5.73 Å². The highest BCUT2D eigenvalue weighted by molar-refractivity contribution is 5.86. The van der Waals surface area contributed by atoms with Gasteiger partial charge in [-0.05, 0) is 26.9 Å². The predicted octanol–water partition coefficient (Wildman–Crippen LogP) is -0.542. The van der Waals surface area contributed by atoms with Gasteiger partial charge in [-0.1, -0.05) is 0 Å². The van der Waals surface area contributed by atoms with Crippen LogP contribution >= 0.6 is 24.8 Å². The number of carbonyl (C=O) groups excluding carboxylic acids is 2. The maximum absolute atomic E-state index is 11.8. The van der Waals surface area contributed by atoms with Crippen LogP contribution in [0.1, 0.15) is 12.8 Å². The summed E-state index contributed by atoms with van der Waals surface area (Å²) in [5, 5.41) is 2.50. The van der Waals surface area contributed by atoms with Gasteiger partial charge in [-0.2, -0.15) is 0 Å². The van der Waals surface area contributed by atoms with Crippen molar-refractivity contribution in [1.82, 2.24) is 15.1 Å². The molecule has 0 aromatic rings. The lowest BCUT2D eigenvalue weighted by atomic mass is 10.0. The summed E-state index contributed by atoms with van der Waals surface area (Å²) in [6.07, 6.45) is 2.13. The third kappa shape index (κ3) is 6.96. The van der Waals surface area contributed by atoms with Crippen LogP contribution in [0.15, 0.2) is 0 Å². The number of nitrogens with one attached hydrogen (secondary N) is 1. The number of halogens is 2. The van der Waals surface area contributed by atoms with Crippen molar-refractivity contribution < 1.29 is 9.59 Å². The summed E-state index contributed by atoms with van der Waals surface area (Å²) >= 11 is 0. The average molecular weight is 315 g/mol. The average Bonchev–Trinajstić information content (AvgIpc) is 2.35. The van der Waals surface area contributed by atoms with E-state index in [0.717, 1.165) is 25.9 Å². The van der Waals surface area contributed by atoms with E-state index in [1.165, 1.54) is 0 Å². The molecule has 114 valence electrons. The molecule has 19 heavy (non-hydrogen) atoms. The third-order valence-corrected chi connectivity index (χ3v) is 3.10. The van der Waals surface area contributed by atoms with Gasteiger partial charge in [-0.25, -0.2) is 0 Å². The first-order chi connectivity index (χ1) is 8.04. The quantitative estimate of drug-likeness (QED) is 0.730. The molecule has 2 amide bonds. The third-order valence-electron chi connectivity index (χ3n) is 3.10. The highest BCUT2D eigenvalue weighted by Gasteiger charge is 2.24. The molecule has 1 unspecified atom stereocenters. The molecule has 0 aromatic carbocycles. The Kier molecular flexibility index (Phi) is 11.2. The summed E-state index contributed by atoms with van der Waals surface area (Å²) < 4.78 is 0. The van der Waals surface area contributed by atoms with E-state index in [2.05, 4.69) is 10.2 Å². The van der Waals surface area contributed by atoms with Crippen molar-refractivity contribution in [3.8, 4) is 0 Å². The van der Waals surface area contributed by atoms with Crippen LogP contribution in [0.2, 0.25) is 0 Å². The largest absolute Gasteiger partial charge is 0.346 e. The van der Waals surface area contributed by atoms with Crippen molar-refractivity contribution in [2.45, 2.75) is 18.9 Å². The van der Waals surface area contributed by atoms with Crippen molar-refractivity contribution in [2.75, 3.05) is 40.3 Å². The van der Waals surface area contributed by atoms with Gasteiger partial charge in [0, 0.05) is 19.1 Å². The Bertz CT molecular complexity index is 290. The lowest BCUT2D eigenvalue weighted by Crippen LogP contribution is -2.50. The maximum atomic E-state index is 11.8. The van der Waals surface area contributed by atoms with Crippen molar-refractivity contribution in [2.24, 2.45) is 5.73 Å². The van der Waals surface area contributed by atoms with E-state index in [1.54, 1.807) is 0 Å². The standard InChI is InChI=1S/C11H22N4O2.2ClH/c1-14(2)9-4-3-5-15(8-9)11(17)7-13-10(16)6-12;;/h9H,3-8,12H2,1-2H3,(H,13,16);2*1H. The topological polar surface area (TPSA) is 78.7 Å². The number of carbonyl (C=O) groups is 2. The first kappa shape index (κ1) is 20.8. The van der Waals surface area contributed by atoms with Crippen LogP contribution in [0.3, 0.4) is 0 Å². The minimum absolute atomic E-state index is 0. The van der Waals surface area contributed by atoms with Gasteiger partial charge in [-0.15, -0.1) is 24.8 Å². The van der Waals surface area contributed by atoms with Crippen molar-refractivity contribution in [1.29, 1.82) is 0 Å². The Morgan fingerprint density at radius 1 is 1.37 bits per heavy atom. The number of likely N-dealkylation sites (tertiary alicyclic amines) is 1. The van der Waals surface area contributed by atoms with Crippen molar-refractivity contribution in [3.63, 3.8) is 0 Å². The van der Waals surface area contributed by atoms with Crippen LogP contribution in [0.25, 0.3) is 0 Å². The minimum atomic E-state index is -0.292. The van der Waals surface area contributed by atoms with Crippen LogP contribution in [0, 0.1) is 0 Å². The van der Waals surface area contributed by atoms with Crippen LogP contribution in [0.5, 0.6) is 0 Å². The molecule has 1 aliphatic rings. The Hall–Kier alpha value is -0.560. The number of hydrogen-bond acceptors (Lipinski definition) is 4. The highest BCUT2D eigenvalue weighted by Crippen LogP contribution is 2.13. The number of nitrogens with two attached hydrogens (primary N) is 1. The molecule has 1 fully saturated rings. The molecule has 0 bridgehead atoms. The minimum Gasteiger partial charge on any atom is -0.346 e. The number of likely N-dealkylation sites (N-methyl/N-ethyl adjacent to an activating group) is 1. The van der Waals surface area contributed by atoms with Crippen molar-refractivity contribution >= 4 is 36.6 Å². The molecule has 1 rings (SSSR count). The fourth-order valence-corrected chi connectivity index (χ4v) is 1.96. The summed E-state index contributed by atoms with van der Waals surface area (Å²) in [6.45, 7) is 1.50. The number of hydrogen-bond donors (Lipinski definition) is 2. The molecule has 6 nitrogen and oxygen atoms in total. The Morgan fingerprint density at radius 3 is 2.53 bits per heavy atom. The smallest absolute Gasteiger partial charge is 0.242 e. The summed E-state index contributed by atoms with van der Waals surface area (Å²) in [4.78, 5) is 26.7. The Morgan fingerprint density at radius 2 is 2.00 bits per heavy atom. The number of nitrogens with zero attached hydrogens (tertiary/aromatic N) is 2. The molecule has 8 heteroatoms. The number of rotatable bonds is 4. The molecule has 1 aliphatic heterocycles. The zero-order valence-electron chi connectivity index (χ0n) is 11.4. The maximum Gasteiger partial charge on any atom is 0.242 e. The van der Waals surface area contributed by atoms with Gasteiger partial charge in [0.05, 0.1) is 13.1 Å². The SMILES string of the molecule is CN(C)C1CCCN(C(=O)CNC(=O)CN)C1.Cl.Cl. The predicted molar refractivity (Wildman–Crippen MR) is 79.8 cm³/mol. The summed E-state index contributed by atoms with van der Waals surface area (Å²) in [5.41, 5.74) is 5.15. The summed E-state index contributed by atoms with van der Waals surface area (Å²) in [7, 11) is 4.05. The fraction of sp³-hybridized carbons (Fsp3) is 0.818.